The predicted octanol–water partition coefficient (Wildman–Crippen LogP) is 2.43. The van der Waals surface area contributed by atoms with E-state index in [4.69, 9.17) is 5.11 Å². The zero-order valence-electron chi connectivity index (χ0n) is 9.41. The molecule has 0 saturated carbocycles. The monoisotopic (exact) mass is 227 g/mol. The van der Waals surface area contributed by atoms with Crippen LogP contribution in [0.1, 0.15) is 31.1 Å². The van der Waals surface area contributed by atoms with Crippen molar-refractivity contribution in [1.82, 2.24) is 5.32 Å². The van der Waals surface area contributed by atoms with Crippen molar-refractivity contribution >= 4 is 11.3 Å². The minimum Gasteiger partial charge on any atom is -0.395 e. The van der Waals surface area contributed by atoms with Crippen LogP contribution in [0.25, 0.3) is 0 Å². The van der Waals surface area contributed by atoms with E-state index in [1.54, 1.807) is 0 Å². The molecule has 1 aromatic heterocycles. The van der Waals surface area contributed by atoms with Gasteiger partial charge in [0.15, 0.2) is 0 Å². The Bertz CT molecular complexity index is 236. The molecule has 0 spiro atoms. The van der Waals surface area contributed by atoms with Crippen LogP contribution in [0.5, 0.6) is 0 Å². The Balaban J connectivity index is 2.11. The lowest BCUT2D eigenvalue weighted by Gasteiger charge is -2.15. The van der Waals surface area contributed by atoms with Crippen molar-refractivity contribution in [3.63, 3.8) is 0 Å². The molecule has 1 heterocycles. The molecule has 1 unspecified atom stereocenters. The molecule has 1 rings (SSSR count). The van der Waals surface area contributed by atoms with Crippen LogP contribution in [0, 0.1) is 0 Å². The third-order valence-corrected chi connectivity index (χ3v) is 3.53. The summed E-state index contributed by atoms with van der Waals surface area (Å²) in [6.07, 6.45) is 4.77. The van der Waals surface area contributed by atoms with E-state index in [0.717, 1.165) is 13.0 Å². The van der Waals surface area contributed by atoms with E-state index in [-0.39, 0.29) is 6.61 Å². The highest BCUT2D eigenvalue weighted by molar-refractivity contribution is 7.09. The molecule has 15 heavy (non-hydrogen) atoms. The van der Waals surface area contributed by atoms with E-state index >= 15 is 0 Å². The lowest BCUT2D eigenvalue weighted by Crippen LogP contribution is -2.30. The molecule has 0 saturated heterocycles. The average molecular weight is 227 g/mol. The van der Waals surface area contributed by atoms with E-state index in [1.807, 2.05) is 11.3 Å². The second-order valence-corrected chi connectivity index (χ2v) is 4.79. The number of rotatable bonds is 8. The van der Waals surface area contributed by atoms with Gasteiger partial charge in [-0.2, -0.15) is 0 Å². The smallest absolute Gasteiger partial charge is 0.0556 e. The lowest BCUT2D eigenvalue weighted by molar-refractivity contribution is 0.280. The fourth-order valence-electron chi connectivity index (χ4n) is 1.70. The number of nitrogens with one attached hydrogen (secondary N) is 1. The topological polar surface area (TPSA) is 32.3 Å². The van der Waals surface area contributed by atoms with Gasteiger partial charge in [0.25, 0.3) is 0 Å². The van der Waals surface area contributed by atoms with Gasteiger partial charge in [-0.3, -0.25) is 0 Å². The van der Waals surface area contributed by atoms with E-state index in [1.165, 1.54) is 24.1 Å². The van der Waals surface area contributed by atoms with Gasteiger partial charge in [0.05, 0.1) is 6.61 Å². The summed E-state index contributed by atoms with van der Waals surface area (Å²) in [5.41, 5.74) is 0. The minimum absolute atomic E-state index is 0.238. The van der Waals surface area contributed by atoms with E-state index in [9.17, 15) is 0 Å². The highest BCUT2D eigenvalue weighted by Gasteiger charge is 2.04. The molecular formula is C12H21NOS. The normalized spacial score (nSPS) is 12.9. The molecule has 0 radical (unpaired) electrons. The molecule has 3 heteroatoms. The van der Waals surface area contributed by atoms with E-state index in [2.05, 4.69) is 29.8 Å². The third-order valence-electron chi connectivity index (χ3n) is 2.59. The van der Waals surface area contributed by atoms with Gasteiger partial charge >= 0.3 is 0 Å². The predicted molar refractivity (Wildman–Crippen MR) is 66.4 cm³/mol. The molecule has 0 bridgehead atoms. The molecule has 0 aliphatic carbocycles. The quantitative estimate of drug-likeness (QED) is 0.715. The molecule has 0 amide bonds. The van der Waals surface area contributed by atoms with Crippen LogP contribution in [0.15, 0.2) is 17.5 Å². The first-order valence-electron chi connectivity index (χ1n) is 5.73. The summed E-state index contributed by atoms with van der Waals surface area (Å²) in [6, 6.07) is 4.88. The summed E-state index contributed by atoms with van der Waals surface area (Å²) in [6.45, 7) is 3.15. The van der Waals surface area contributed by atoms with Crippen LogP contribution < -0.4 is 5.32 Å². The summed E-state index contributed by atoms with van der Waals surface area (Å²) >= 11 is 1.84. The van der Waals surface area contributed by atoms with Gasteiger partial charge < -0.3 is 10.4 Å². The van der Waals surface area contributed by atoms with Crippen LogP contribution >= 0.6 is 11.3 Å². The largest absolute Gasteiger partial charge is 0.395 e. The van der Waals surface area contributed by atoms with Crippen LogP contribution in [0.3, 0.4) is 0 Å². The molecule has 1 aromatic rings. The van der Waals surface area contributed by atoms with E-state index < -0.39 is 0 Å². The number of aliphatic hydroxyl groups is 1. The first-order valence-corrected chi connectivity index (χ1v) is 6.61. The second-order valence-electron chi connectivity index (χ2n) is 3.75. The van der Waals surface area contributed by atoms with Gasteiger partial charge in [-0.25, -0.2) is 0 Å². The molecule has 0 aromatic carbocycles. The summed E-state index contributed by atoms with van der Waals surface area (Å²) in [7, 11) is 0. The fraction of sp³-hybridized carbons (Fsp3) is 0.667. The summed E-state index contributed by atoms with van der Waals surface area (Å²) < 4.78 is 0. The van der Waals surface area contributed by atoms with Gasteiger partial charge in [0.2, 0.25) is 0 Å². The standard InChI is InChI=1S/C12H21NOS/c1-2-11(13-8-9-14)5-3-6-12-7-4-10-15-12/h4,7,10-11,13-14H,2-3,5-6,8-9H2,1H3. The number of aryl methyl sites for hydroxylation is 1. The summed E-state index contributed by atoms with van der Waals surface area (Å²) in [5, 5.41) is 14.2. The maximum atomic E-state index is 8.73. The Hall–Kier alpha value is -0.380. The molecule has 0 fully saturated rings. The number of hydrogen-bond acceptors (Lipinski definition) is 3. The van der Waals surface area contributed by atoms with Crippen molar-refractivity contribution in [2.24, 2.45) is 0 Å². The van der Waals surface area contributed by atoms with Crippen LogP contribution in [0.2, 0.25) is 0 Å². The van der Waals surface area contributed by atoms with Gasteiger partial charge in [-0.15, -0.1) is 11.3 Å². The fourth-order valence-corrected chi connectivity index (χ4v) is 2.45. The first kappa shape index (κ1) is 12.7. The Kier molecular flexibility index (Phi) is 6.64. The maximum absolute atomic E-state index is 8.73. The van der Waals surface area contributed by atoms with Gasteiger partial charge in [0, 0.05) is 17.5 Å². The van der Waals surface area contributed by atoms with E-state index in [0.29, 0.717) is 6.04 Å². The number of hydrogen-bond donors (Lipinski definition) is 2. The highest BCUT2D eigenvalue weighted by atomic mass is 32.1. The zero-order chi connectivity index (χ0) is 10.9. The minimum atomic E-state index is 0.238. The van der Waals surface area contributed by atoms with Crippen molar-refractivity contribution in [2.75, 3.05) is 13.2 Å². The zero-order valence-corrected chi connectivity index (χ0v) is 10.2. The molecule has 0 aliphatic rings. The Morgan fingerprint density at radius 3 is 3.00 bits per heavy atom. The first-order chi connectivity index (χ1) is 7.36. The summed E-state index contributed by atoms with van der Waals surface area (Å²) in [5.74, 6) is 0. The molecule has 2 nitrogen and oxygen atoms in total. The Labute approximate surface area is 96.3 Å². The van der Waals surface area contributed by atoms with Crippen molar-refractivity contribution in [1.29, 1.82) is 0 Å². The summed E-state index contributed by atoms with van der Waals surface area (Å²) in [4.78, 5) is 1.48. The van der Waals surface area contributed by atoms with Gasteiger partial charge in [0.1, 0.15) is 0 Å². The highest BCUT2D eigenvalue weighted by Crippen LogP contribution is 2.13. The molecular weight excluding hydrogens is 206 g/mol. The van der Waals surface area contributed by atoms with Gasteiger partial charge in [-0.05, 0) is 37.1 Å². The SMILES string of the molecule is CCC(CCCc1cccs1)NCCO. The number of aliphatic hydroxyl groups excluding tert-OH is 1. The number of thiophene rings is 1. The lowest BCUT2D eigenvalue weighted by atomic mass is 10.1. The second kappa shape index (κ2) is 7.85. The van der Waals surface area contributed by atoms with Gasteiger partial charge in [-0.1, -0.05) is 13.0 Å². The molecule has 86 valence electrons. The van der Waals surface area contributed by atoms with Crippen LogP contribution in [-0.2, 0) is 6.42 Å². The van der Waals surface area contributed by atoms with Crippen molar-refractivity contribution in [3.05, 3.63) is 22.4 Å². The van der Waals surface area contributed by atoms with Crippen LogP contribution in [-0.4, -0.2) is 24.3 Å². The average Bonchev–Trinajstić information content (AvgIpc) is 2.76. The third kappa shape index (κ3) is 5.30. The Morgan fingerprint density at radius 2 is 2.40 bits per heavy atom. The molecule has 0 aliphatic heterocycles. The van der Waals surface area contributed by atoms with Crippen LogP contribution in [0.4, 0.5) is 0 Å². The van der Waals surface area contributed by atoms with Crippen molar-refractivity contribution < 1.29 is 5.11 Å². The molecule has 1 atom stereocenters. The Morgan fingerprint density at radius 1 is 1.53 bits per heavy atom. The maximum Gasteiger partial charge on any atom is 0.0556 e. The van der Waals surface area contributed by atoms with Crippen molar-refractivity contribution in [2.45, 2.75) is 38.6 Å². The molecule has 2 N–H and O–H groups in total. The van der Waals surface area contributed by atoms with Crippen molar-refractivity contribution in [3.8, 4) is 0 Å².